The third-order valence-electron chi connectivity index (χ3n) is 12.4. The lowest BCUT2D eigenvalue weighted by Gasteiger charge is -2.39. The molecular formula is C56H74N7O6P. The Kier molecular flexibility index (Phi) is 21.0. The second kappa shape index (κ2) is 27.3. The first kappa shape index (κ1) is 54.0. The maximum atomic E-state index is 9.55. The smallest absolute Gasteiger partial charge is 0.259 e. The van der Waals surface area contributed by atoms with Crippen molar-refractivity contribution in [3.8, 4) is 29.4 Å². The van der Waals surface area contributed by atoms with Gasteiger partial charge in [0.15, 0.2) is 5.82 Å². The van der Waals surface area contributed by atoms with Gasteiger partial charge in [-0.05, 0) is 75.1 Å². The van der Waals surface area contributed by atoms with Crippen LogP contribution in [0.25, 0.3) is 11.0 Å². The molecule has 1 fully saturated rings. The van der Waals surface area contributed by atoms with Crippen molar-refractivity contribution in [2.75, 3.05) is 41.5 Å². The van der Waals surface area contributed by atoms with Crippen molar-refractivity contribution in [1.82, 2.24) is 24.1 Å². The first-order valence-electron chi connectivity index (χ1n) is 25.0. The number of nitrogens with zero attached hydrogens (tertiary/aromatic N) is 7. The number of hydrogen-bond acceptors (Lipinski definition) is 11. The standard InChI is InChI=1S/C56H74N7O6P/c1-10-11-12-13-14-15-16-17-18-20-24-44-38-62(55-53(44)54(58-40-59-55)60-41-61(6)7)52-37-50(69-70(67-36-23-35-57)63(42(2)3)43(4)5)51(68-52)39-66-56(45-25-21-19-22-26-45,46-27-31-48(64-8)32-28-46)47-29-33-49(65-9)34-30-47/h19,21-22,25-34,38,40-43,50-52H,10-18,23,36-37,39H2,1-9H3/b60-41+/t50-,51+,52+,70?/m0/s1. The number of benzene rings is 3. The van der Waals surface area contributed by atoms with Gasteiger partial charge in [0, 0.05) is 45.2 Å². The molecular weight excluding hydrogens is 898 g/mol. The molecule has 13 nitrogen and oxygen atoms in total. The summed E-state index contributed by atoms with van der Waals surface area (Å²) in [4.78, 5) is 16.2. The molecule has 0 saturated carbocycles. The van der Waals surface area contributed by atoms with Gasteiger partial charge in [-0.2, -0.15) is 5.26 Å². The van der Waals surface area contributed by atoms with E-state index < -0.39 is 32.6 Å². The van der Waals surface area contributed by atoms with E-state index in [9.17, 15) is 5.26 Å². The number of fused-ring (bicyclic) bond motifs is 1. The maximum Gasteiger partial charge on any atom is 0.259 e. The Morgan fingerprint density at radius 3 is 2.04 bits per heavy atom. The molecule has 0 N–H and O–H groups in total. The number of unbranched alkanes of at least 4 members (excludes halogenated alkanes) is 8. The fourth-order valence-corrected chi connectivity index (χ4v) is 10.7. The molecule has 0 aliphatic carbocycles. The zero-order valence-corrected chi connectivity index (χ0v) is 43.7. The summed E-state index contributed by atoms with van der Waals surface area (Å²) < 4.78 is 44.0. The summed E-state index contributed by atoms with van der Waals surface area (Å²) >= 11 is 0. The average Bonchev–Trinajstić information content (AvgIpc) is 3.95. The zero-order chi connectivity index (χ0) is 49.9. The summed E-state index contributed by atoms with van der Waals surface area (Å²) in [6.45, 7) is 11.2. The Hall–Kier alpha value is -5.37. The Morgan fingerprint density at radius 2 is 1.46 bits per heavy atom. The third kappa shape index (κ3) is 13.9. The predicted octanol–water partition coefficient (Wildman–Crippen LogP) is 12.5. The minimum Gasteiger partial charge on any atom is -0.497 e. The topological polar surface area (TPSA) is 129 Å². The number of methoxy groups -OCH3 is 2. The van der Waals surface area contributed by atoms with Crippen LogP contribution in [0.2, 0.25) is 0 Å². The van der Waals surface area contributed by atoms with Crippen LogP contribution < -0.4 is 9.47 Å². The number of rotatable bonds is 27. The lowest BCUT2D eigenvalue weighted by molar-refractivity contribution is -0.0911. The van der Waals surface area contributed by atoms with Gasteiger partial charge in [-0.15, -0.1) is 0 Å². The van der Waals surface area contributed by atoms with Crippen molar-refractivity contribution < 1.29 is 28.0 Å². The molecule has 1 saturated heterocycles. The third-order valence-corrected chi connectivity index (χ3v) is 14.6. The van der Waals surface area contributed by atoms with E-state index in [0.29, 0.717) is 17.9 Å². The molecule has 1 unspecified atom stereocenters. The largest absolute Gasteiger partial charge is 0.497 e. The molecule has 1 aliphatic rings. The summed E-state index contributed by atoms with van der Waals surface area (Å²) in [5, 5.41) is 10.3. The Labute approximate surface area is 418 Å². The van der Waals surface area contributed by atoms with E-state index in [1.165, 1.54) is 44.9 Å². The summed E-state index contributed by atoms with van der Waals surface area (Å²) in [5.41, 5.74) is 3.08. The lowest BCUT2D eigenvalue weighted by Crippen LogP contribution is -2.39. The van der Waals surface area contributed by atoms with E-state index in [1.807, 2.05) is 91.9 Å². The molecule has 2 aromatic heterocycles. The highest BCUT2D eigenvalue weighted by molar-refractivity contribution is 7.44. The monoisotopic (exact) mass is 972 g/mol. The van der Waals surface area contributed by atoms with Gasteiger partial charge < -0.3 is 37.5 Å². The average molecular weight is 972 g/mol. The molecule has 4 atom stereocenters. The van der Waals surface area contributed by atoms with Crippen LogP contribution in [0.5, 0.6) is 11.5 Å². The summed E-state index contributed by atoms with van der Waals surface area (Å²) in [6.07, 6.45) is 15.1. The lowest BCUT2D eigenvalue weighted by atomic mass is 9.80. The van der Waals surface area contributed by atoms with Gasteiger partial charge in [0.2, 0.25) is 0 Å². The van der Waals surface area contributed by atoms with Gasteiger partial charge in [-0.1, -0.05) is 118 Å². The molecule has 0 bridgehead atoms. The zero-order valence-electron chi connectivity index (χ0n) is 42.8. The van der Waals surface area contributed by atoms with Crippen LogP contribution in [0.1, 0.15) is 134 Å². The van der Waals surface area contributed by atoms with Crippen LogP contribution in [0.15, 0.2) is 96.4 Å². The fourth-order valence-electron chi connectivity index (χ4n) is 8.98. The van der Waals surface area contributed by atoms with E-state index in [4.69, 9.17) is 38.0 Å². The molecule has 3 aromatic carbocycles. The normalized spacial score (nSPS) is 16.5. The highest BCUT2D eigenvalue weighted by Gasteiger charge is 2.45. The van der Waals surface area contributed by atoms with E-state index in [0.717, 1.165) is 52.0 Å². The molecule has 0 spiro atoms. The van der Waals surface area contributed by atoms with Crippen LogP contribution in [-0.2, 0) is 24.1 Å². The maximum absolute atomic E-state index is 9.55. The van der Waals surface area contributed by atoms with Gasteiger partial charge in [0.05, 0.1) is 63.3 Å². The van der Waals surface area contributed by atoms with Crippen molar-refractivity contribution in [2.45, 2.75) is 141 Å². The molecule has 5 aromatic rings. The SMILES string of the molecule is CCCCCCCCCCC#Cc1cn([C@H]2C[C@H](OP(OCCC#N)N(C(C)C)C(C)C)[C@@H](COC(c3ccccc3)(c3ccc(OC)cc3)c3ccc(OC)cc3)O2)c2ncnc(/N=C/N(C)C)c12. The number of ether oxygens (including phenoxy) is 4. The Morgan fingerprint density at radius 1 is 0.843 bits per heavy atom. The molecule has 14 heteroatoms. The highest BCUT2D eigenvalue weighted by atomic mass is 31.2. The minimum atomic E-state index is -1.65. The van der Waals surface area contributed by atoms with Gasteiger partial charge in [0.1, 0.15) is 41.4 Å². The fraction of sp³-hybridized carbons (Fsp3) is 0.500. The van der Waals surface area contributed by atoms with Crippen molar-refractivity contribution in [2.24, 2.45) is 4.99 Å². The molecule has 0 amide bonds. The summed E-state index contributed by atoms with van der Waals surface area (Å²) in [6, 6.07) is 28.7. The predicted molar refractivity (Wildman–Crippen MR) is 280 cm³/mol. The van der Waals surface area contributed by atoms with Crippen LogP contribution in [-0.4, -0.2) is 96.3 Å². The number of hydrogen-bond donors (Lipinski definition) is 0. The first-order valence-corrected chi connectivity index (χ1v) is 26.1. The van der Waals surface area contributed by atoms with Crippen molar-refractivity contribution in [3.05, 3.63) is 114 Å². The van der Waals surface area contributed by atoms with Crippen molar-refractivity contribution >= 4 is 31.7 Å². The number of aromatic nitrogens is 3. The molecule has 70 heavy (non-hydrogen) atoms. The van der Waals surface area contributed by atoms with Crippen LogP contribution in [0.4, 0.5) is 5.82 Å². The van der Waals surface area contributed by atoms with Crippen molar-refractivity contribution in [1.29, 1.82) is 5.26 Å². The second-order valence-electron chi connectivity index (χ2n) is 18.5. The van der Waals surface area contributed by atoms with E-state index in [1.54, 1.807) is 26.9 Å². The number of aliphatic imine (C=N–C) groups is 1. The summed E-state index contributed by atoms with van der Waals surface area (Å²) in [5.74, 6) is 8.97. The van der Waals surface area contributed by atoms with Gasteiger partial charge >= 0.3 is 0 Å². The second-order valence-corrected chi connectivity index (χ2v) is 19.9. The van der Waals surface area contributed by atoms with E-state index in [2.05, 4.69) is 78.9 Å². The Balaban J connectivity index is 1.43. The quantitative estimate of drug-likeness (QED) is 0.0125. The molecule has 3 heterocycles. The highest BCUT2D eigenvalue weighted by Crippen LogP contribution is 2.51. The van der Waals surface area contributed by atoms with Crippen LogP contribution >= 0.6 is 8.53 Å². The van der Waals surface area contributed by atoms with Gasteiger partial charge in [-0.25, -0.2) is 19.6 Å². The molecule has 6 rings (SSSR count). The van der Waals surface area contributed by atoms with Gasteiger partial charge in [-0.3, -0.25) is 0 Å². The first-order chi connectivity index (χ1) is 34.0. The molecule has 0 radical (unpaired) electrons. The summed E-state index contributed by atoms with van der Waals surface area (Å²) in [7, 11) is 5.54. The molecule has 374 valence electrons. The van der Waals surface area contributed by atoms with Crippen LogP contribution in [0, 0.1) is 23.2 Å². The van der Waals surface area contributed by atoms with E-state index in [-0.39, 0.29) is 31.7 Å². The number of nitriles is 1. The molecule has 1 aliphatic heterocycles. The van der Waals surface area contributed by atoms with Crippen LogP contribution in [0.3, 0.4) is 0 Å². The van der Waals surface area contributed by atoms with E-state index >= 15 is 0 Å². The van der Waals surface area contributed by atoms with Crippen molar-refractivity contribution in [3.63, 3.8) is 0 Å². The minimum absolute atomic E-state index is 0.0926. The van der Waals surface area contributed by atoms with Gasteiger partial charge in [0.25, 0.3) is 8.53 Å². The Bertz CT molecular complexity index is 2420.